The minimum absolute atomic E-state index is 0.549. The molecule has 1 aromatic heterocycles. The summed E-state index contributed by atoms with van der Waals surface area (Å²) in [5.41, 5.74) is 1.55. The molecule has 1 aromatic carbocycles. The number of rotatable bonds is 1. The van der Waals surface area contributed by atoms with Gasteiger partial charge < -0.3 is 14.4 Å². The second-order valence-corrected chi connectivity index (χ2v) is 3.98. The number of ether oxygens (including phenoxy) is 1. The molecule has 0 bridgehead atoms. The predicted molar refractivity (Wildman–Crippen MR) is 63.7 cm³/mol. The molecule has 0 aliphatic carbocycles. The van der Waals surface area contributed by atoms with Gasteiger partial charge in [0.1, 0.15) is 5.69 Å². The lowest BCUT2D eigenvalue weighted by molar-refractivity contribution is 0.209. The number of carboxylic acid groups (broad SMARTS) is 1. The van der Waals surface area contributed by atoms with Crippen molar-refractivity contribution in [3.63, 3.8) is 0 Å². The zero-order valence-corrected chi connectivity index (χ0v) is 9.14. The average Bonchev–Trinajstić information content (AvgIpc) is 2.65. The molecule has 2 heterocycles. The van der Waals surface area contributed by atoms with Crippen molar-refractivity contribution in [3.8, 4) is 5.88 Å². The van der Waals surface area contributed by atoms with Crippen LogP contribution in [0.4, 0.5) is 10.5 Å². The van der Waals surface area contributed by atoms with E-state index in [1.54, 1.807) is 0 Å². The average molecular weight is 232 g/mol. The second kappa shape index (κ2) is 3.69. The largest absolute Gasteiger partial charge is 0.477 e. The Kier molecular flexibility index (Phi) is 2.18. The predicted octanol–water partition coefficient (Wildman–Crippen LogP) is 2.51. The van der Waals surface area contributed by atoms with Gasteiger partial charge in [-0.25, -0.2) is 4.79 Å². The first-order valence-corrected chi connectivity index (χ1v) is 5.51. The third kappa shape index (κ3) is 1.51. The number of aromatic nitrogens is 1. The fourth-order valence-electron chi connectivity index (χ4n) is 2.27. The van der Waals surface area contributed by atoms with Crippen LogP contribution in [-0.2, 0) is 6.54 Å². The highest BCUT2D eigenvalue weighted by Crippen LogP contribution is 2.38. The highest BCUT2D eigenvalue weighted by Gasteiger charge is 2.22. The number of anilines is 1. The topological polar surface area (TPSA) is 63.5 Å². The lowest BCUT2D eigenvalue weighted by Crippen LogP contribution is -2.15. The van der Waals surface area contributed by atoms with Crippen LogP contribution in [0.15, 0.2) is 24.3 Å². The van der Waals surface area contributed by atoms with Crippen LogP contribution in [0.1, 0.15) is 6.42 Å². The number of nitrogens with one attached hydrogen (secondary N) is 1. The van der Waals surface area contributed by atoms with Gasteiger partial charge in [0, 0.05) is 11.9 Å². The van der Waals surface area contributed by atoms with Crippen molar-refractivity contribution in [3.05, 3.63) is 24.3 Å². The quantitative estimate of drug-likeness (QED) is 0.794. The standard InChI is InChI=1S/C12H12N2O3/c15-12(16)13-10-8-4-1-2-5-9(8)14-6-3-7-17-11(10)14/h1-2,4-5,13H,3,6-7H2,(H,15,16). The molecule has 0 saturated heterocycles. The van der Waals surface area contributed by atoms with E-state index in [4.69, 9.17) is 9.84 Å². The Morgan fingerprint density at radius 3 is 3.06 bits per heavy atom. The van der Waals surface area contributed by atoms with Crippen molar-refractivity contribution in [1.82, 2.24) is 4.57 Å². The molecular weight excluding hydrogens is 220 g/mol. The lowest BCUT2D eigenvalue weighted by atomic mass is 10.2. The third-order valence-corrected chi connectivity index (χ3v) is 2.92. The zero-order valence-electron chi connectivity index (χ0n) is 9.14. The molecule has 5 nitrogen and oxygen atoms in total. The van der Waals surface area contributed by atoms with Gasteiger partial charge >= 0.3 is 6.09 Å². The third-order valence-electron chi connectivity index (χ3n) is 2.92. The van der Waals surface area contributed by atoms with Crippen LogP contribution < -0.4 is 10.1 Å². The molecule has 5 heteroatoms. The summed E-state index contributed by atoms with van der Waals surface area (Å²) in [4.78, 5) is 10.8. The van der Waals surface area contributed by atoms with Gasteiger partial charge in [0.15, 0.2) is 0 Å². The number of hydrogen-bond donors (Lipinski definition) is 2. The van der Waals surface area contributed by atoms with Gasteiger partial charge in [-0.15, -0.1) is 0 Å². The van der Waals surface area contributed by atoms with Gasteiger partial charge in [0.05, 0.1) is 12.1 Å². The molecular formula is C12H12N2O3. The molecule has 0 atom stereocenters. The monoisotopic (exact) mass is 232 g/mol. The molecule has 0 radical (unpaired) electrons. The summed E-state index contributed by atoms with van der Waals surface area (Å²) in [5, 5.41) is 12.2. The van der Waals surface area contributed by atoms with E-state index >= 15 is 0 Å². The summed E-state index contributed by atoms with van der Waals surface area (Å²) in [7, 11) is 0. The fraction of sp³-hybridized carbons (Fsp3) is 0.250. The summed E-state index contributed by atoms with van der Waals surface area (Å²) in [5.74, 6) is 0.625. The number of carbonyl (C=O) groups is 1. The molecule has 0 spiro atoms. The Morgan fingerprint density at radius 2 is 2.24 bits per heavy atom. The van der Waals surface area contributed by atoms with Crippen LogP contribution in [0, 0.1) is 0 Å². The van der Waals surface area contributed by atoms with Gasteiger partial charge in [0.2, 0.25) is 5.88 Å². The van der Waals surface area contributed by atoms with Gasteiger partial charge in [-0.1, -0.05) is 18.2 Å². The Morgan fingerprint density at radius 1 is 1.41 bits per heavy atom. The van der Waals surface area contributed by atoms with Crippen LogP contribution in [0.3, 0.4) is 0 Å². The van der Waals surface area contributed by atoms with E-state index in [9.17, 15) is 4.79 Å². The summed E-state index contributed by atoms with van der Waals surface area (Å²) in [6.07, 6.45) is -0.128. The molecule has 17 heavy (non-hydrogen) atoms. The molecule has 0 fully saturated rings. The Bertz CT molecular complexity index is 589. The van der Waals surface area contributed by atoms with E-state index in [0.717, 1.165) is 23.9 Å². The minimum Gasteiger partial charge on any atom is -0.477 e. The Balaban J connectivity index is 2.27. The van der Waals surface area contributed by atoms with Crippen molar-refractivity contribution in [2.75, 3.05) is 11.9 Å². The number of nitrogens with zero attached hydrogens (tertiary/aromatic N) is 1. The van der Waals surface area contributed by atoms with Crippen molar-refractivity contribution in [1.29, 1.82) is 0 Å². The first kappa shape index (κ1) is 10.0. The van der Waals surface area contributed by atoms with Crippen LogP contribution in [-0.4, -0.2) is 22.4 Å². The zero-order chi connectivity index (χ0) is 11.8. The van der Waals surface area contributed by atoms with Gasteiger partial charge in [-0.05, 0) is 12.5 Å². The molecule has 1 aliphatic heterocycles. The first-order valence-electron chi connectivity index (χ1n) is 5.51. The van der Waals surface area contributed by atoms with E-state index in [2.05, 4.69) is 5.32 Å². The molecule has 0 unspecified atom stereocenters. The highest BCUT2D eigenvalue weighted by atomic mass is 16.5. The number of aryl methyl sites for hydroxylation is 1. The molecule has 1 aliphatic rings. The summed E-state index contributed by atoms with van der Waals surface area (Å²) < 4.78 is 7.60. The number of hydrogen-bond acceptors (Lipinski definition) is 2. The van der Waals surface area contributed by atoms with E-state index in [1.807, 2.05) is 28.8 Å². The highest BCUT2D eigenvalue weighted by molar-refractivity contribution is 6.02. The van der Waals surface area contributed by atoms with Gasteiger partial charge in [0.25, 0.3) is 0 Å². The summed E-state index contributed by atoms with van der Waals surface area (Å²) in [6.45, 7) is 1.49. The SMILES string of the molecule is O=C(O)Nc1c2n(c3ccccc13)CCCO2. The van der Waals surface area contributed by atoms with Crippen molar-refractivity contribution >= 4 is 22.7 Å². The second-order valence-electron chi connectivity index (χ2n) is 3.98. The number of amides is 1. The maximum absolute atomic E-state index is 10.8. The van der Waals surface area contributed by atoms with Crippen LogP contribution in [0.2, 0.25) is 0 Å². The van der Waals surface area contributed by atoms with Crippen molar-refractivity contribution in [2.24, 2.45) is 0 Å². The van der Waals surface area contributed by atoms with E-state index in [1.165, 1.54) is 0 Å². The molecule has 0 saturated carbocycles. The molecule has 3 rings (SSSR count). The molecule has 2 N–H and O–H groups in total. The smallest absolute Gasteiger partial charge is 0.409 e. The Labute approximate surface area is 97.6 Å². The number of fused-ring (bicyclic) bond motifs is 3. The summed E-state index contributed by atoms with van der Waals surface area (Å²) >= 11 is 0. The fourth-order valence-corrected chi connectivity index (χ4v) is 2.27. The minimum atomic E-state index is -1.07. The van der Waals surface area contributed by atoms with Gasteiger partial charge in [-0.2, -0.15) is 0 Å². The first-order chi connectivity index (χ1) is 8.27. The normalized spacial score (nSPS) is 14.1. The van der Waals surface area contributed by atoms with Gasteiger partial charge in [-0.3, -0.25) is 5.32 Å². The summed E-state index contributed by atoms with van der Waals surface area (Å²) in [6, 6.07) is 7.70. The van der Waals surface area contributed by atoms with Crippen LogP contribution >= 0.6 is 0 Å². The number of para-hydroxylation sites is 1. The molecule has 2 aromatic rings. The maximum Gasteiger partial charge on any atom is 0.409 e. The van der Waals surface area contributed by atoms with Crippen molar-refractivity contribution < 1.29 is 14.6 Å². The van der Waals surface area contributed by atoms with E-state index in [-0.39, 0.29) is 0 Å². The lowest BCUT2D eigenvalue weighted by Gasteiger charge is -2.17. The molecule has 88 valence electrons. The maximum atomic E-state index is 10.8. The van der Waals surface area contributed by atoms with Crippen LogP contribution in [0.25, 0.3) is 10.9 Å². The van der Waals surface area contributed by atoms with E-state index in [0.29, 0.717) is 18.2 Å². The van der Waals surface area contributed by atoms with Crippen molar-refractivity contribution in [2.45, 2.75) is 13.0 Å². The van der Waals surface area contributed by atoms with Crippen LogP contribution in [0.5, 0.6) is 5.88 Å². The Hall–Kier alpha value is -2.17. The molecule has 1 amide bonds. The van der Waals surface area contributed by atoms with E-state index < -0.39 is 6.09 Å². The number of benzene rings is 1.